The van der Waals surface area contributed by atoms with E-state index in [9.17, 15) is 9.59 Å². The minimum atomic E-state index is -0.642. The van der Waals surface area contributed by atoms with E-state index in [4.69, 9.17) is 18.9 Å². The Kier molecular flexibility index (Phi) is 6.72. The lowest BCUT2D eigenvalue weighted by molar-refractivity contribution is 0.0696. The monoisotopic (exact) mass is 491 g/mol. The van der Waals surface area contributed by atoms with Crippen molar-refractivity contribution in [1.82, 2.24) is 10.4 Å². The van der Waals surface area contributed by atoms with Crippen LogP contribution in [0.5, 0.6) is 11.5 Å². The van der Waals surface area contributed by atoms with E-state index in [-0.39, 0.29) is 17.4 Å². The normalized spacial score (nSPS) is 10.9. The minimum absolute atomic E-state index is 0.0782. The van der Waals surface area contributed by atoms with Crippen LogP contribution >= 0.6 is 0 Å². The molecule has 0 saturated carbocycles. The third-order valence-electron chi connectivity index (χ3n) is 5.52. The molecular weight excluding hydrogens is 470 g/mol. The van der Waals surface area contributed by atoms with Crippen LogP contribution in [-0.2, 0) is 0 Å². The largest absolute Gasteiger partial charge is 0.493 e. The zero-order valence-corrected chi connectivity index (χ0v) is 19.8. The number of hydrazone groups is 1. The maximum Gasteiger partial charge on any atom is 0.379 e. The van der Waals surface area contributed by atoms with Gasteiger partial charge >= 0.3 is 5.97 Å². The van der Waals surface area contributed by atoms with E-state index in [1.165, 1.54) is 25.7 Å². The molecule has 0 unspecified atom stereocenters. The summed E-state index contributed by atoms with van der Waals surface area (Å²) in [6.07, 6.45) is 2.86. The standard InChI is InChI=1S/C29H21N3O5/c1-35-27-16-19(13-14-25(27)37-29(34)26-12-7-15-36-26)18-30-32-28(33)22-17-24(20-8-3-2-4-9-20)31-23-11-6-5-10-21(22)23/h2-18H,1H3,(H,32,33)/b30-18+. The lowest BCUT2D eigenvalue weighted by atomic mass is 10.0. The van der Waals surface area contributed by atoms with Gasteiger partial charge in [0.2, 0.25) is 5.76 Å². The van der Waals surface area contributed by atoms with Crippen molar-refractivity contribution in [3.8, 4) is 22.8 Å². The number of amides is 1. The van der Waals surface area contributed by atoms with Crippen LogP contribution < -0.4 is 14.9 Å². The molecule has 37 heavy (non-hydrogen) atoms. The molecule has 0 spiro atoms. The van der Waals surface area contributed by atoms with E-state index in [0.717, 1.165) is 10.9 Å². The van der Waals surface area contributed by atoms with Crippen LogP contribution in [0, 0.1) is 0 Å². The number of furan rings is 1. The molecule has 2 aromatic heterocycles. The van der Waals surface area contributed by atoms with Gasteiger partial charge in [-0.3, -0.25) is 4.79 Å². The van der Waals surface area contributed by atoms with Crippen molar-refractivity contribution >= 4 is 29.0 Å². The van der Waals surface area contributed by atoms with Gasteiger partial charge < -0.3 is 13.9 Å². The molecule has 3 aromatic carbocycles. The zero-order chi connectivity index (χ0) is 25.6. The topological polar surface area (TPSA) is 103 Å². The van der Waals surface area contributed by atoms with Gasteiger partial charge in [-0.15, -0.1) is 0 Å². The Balaban J connectivity index is 1.35. The van der Waals surface area contributed by atoms with Gasteiger partial charge in [-0.25, -0.2) is 15.2 Å². The Labute approximate surface area is 212 Å². The molecular formula is C29H21N3O5. The van der Waals surface area contributed by atoms with E-state index >= 15 is 0 Å². The van der Waals surface area contributed by atoms with Crippen LogP contribution in [0.3, 0.4) is 0 Å². The van der Waals surface area contributed by atoms with Crippen molar-refractivity contribution in [1.29, 1.82) is 0 Å². The van der Waals surface area contributed by atoms with E-state index in [2.05, 4.69) is 10.5 Å². The van der Waals surface area contributed by atoms with Crippen LogP contribution in [0.2, 0.25) is 0 Å². The quantitative estimate of drug-likeness (QED) is 0.140. The first kappa shape index (κ1) is 23.5. The van der Waals surface area contributed by atoms with Crippen molar-refractivity contribution in [2.24, 2.45) is 5.10 Å². The van der Waals surface area contributed by atoms with Crippen LogP contribution in [0.1, 0.15) is 26.5 Å². The SMILES string of the molecule is COc1cc(/C=N/NC(=O)c2cc(-c3ccccc3)nc3ccccc23)ccc1OC(=O)c1ccco1. The smallest absolute Gasteiger partial charge is 0.379 e. The van der Waals surface area contributed by atoms with Crippen LogP contribution in [0.25, 0.3) is 22.2 Å². The number of hydrogen-bond acceptors (Lipinski definition) is 7. The molecule has 0 saturated heterocycles. The fourth-order valence-corrected chi connectivity index (χ4v) is 3.74. The minimum Gasteiger partial charge on any atom is -0.493 e. The second kappa shape index (κ2) is 10.6. The number of pyridine rings is 1. The fourth-order valence-electron chi connectivity index (χ4n) is 3.74. The molecule has 5 aromatic rings. The third kappa shape index (κ3) is 5.23. The summed E-state index contributed by atoms with van der Waals surface area (Å²) in [5.74, 6) is -0.390. The van der Waals surface area contributed by atoms with Crippen LogP contribution in [0.4, 0.5) is 0 Å². The molecule has 0 atom stereocenters. The maximum atomic E-state index is 13.1. The average Bonchev–Trinajstić information content (AvgIpc) is 3.49. The van der Waals surface area contributed by atoms with E-state index in [1.54, 1.807) is 30.3 Å². The number of aromatic nitrogens is 1. The number of methoxy groups -OCH3 is 1. The highest BCUT2D eigenvalue weighted by Crippen LogP contribution is 2.29. The molecule has 0 radical (unpaired) electrons. The van der Waals surface area contributed by atoms with Gasteiger partial charge in [0.1, 0.15) is 0 Å². The van der Waals surface area contributed by atoms with Gasteiger partial charge in [0.25, 0.3) is 5.91 Å². The molecule has 0 aliphatic heterocycles. The lowest BCUT2D eigenvalue weighted by Crippen LogP contribution is -2.18. The van der Waals surface area contributed by atoms with Gasteiger partial charge in [0, 0.05) is 10.9 Å². The van der Waals surface area contributed by atoms with Gasteiger partial charge in [0.05, 0.1) is 36.4 Å². The van der Waals surface area contributed by atoms with E-state index < -0.39 is 5.97 Å². The number of hydrogen-bond donors (Lipinski definition) is 1. The van der Waals surface area contributed by atoms with Crippen LogP contribution in [-0.4, -0.2) is 30.2 Å². The fraction of sp³-hybridized carbons (Fsp3) is 0.0345. The molecule has 8 heteroatoms. The first-order valence-corrected chi connectivity index (χ1v) is 11.3. The predicted molar refractivity (Wildman–Crippen MR) is 139 cm³/mol. The van der Waals surface area contributed by atoms with Crippen molar-refractivity contribution in [2.75, 3.05) is 7.11 Å². The molecule has 5 rings (SSSR count). The highest BCUT2D eigenvalue weighted by Gasteiger charge is 2.16. The summed E-state index contributed by atoms with van der Waals surface area (Å²) in [5, 5.41) is 4.83. The van der Waals surface area contributed by atoms with Crippen molar-refractivity contribution in [2.45, 2.75) is 0 Å². The summed E-state index contributed by atoms with van der Waals surface area (Å²) in [6, 6.07) is 26.9. The Morgan fingerprint density at radius 3 is 2.51 bits per heavy atom. The molecule has 2 heterocycles. The van der Waals surface area contributed by atoms with Crippen molar-refractivity contribution < 1.29 is 23.5 Å². The second-order valence-corrected chi connectivity index (χ2v) is 7.91. The number of benzene rings is 3. The molecule has 182 valence electrons. The molecule has 0 aliphatic carbocycles. The number of para-hydroxylation sites is 1. The highest BCUT2D eigenvalue weighted by atomic mass is 16.6. The van der Waals surface area contributed by atoms with Crippen molar-refractivity contribution in [3.63, 3.8) is 0 Å². The zero-order valence-electron chi connectivity index (χ0n) is 19.8. The number of carbonyl (C=O) groups is 2. The Morgan fingerprint density at radius 1 is 0.919 bits per heavy atom. The maximum absolute atomic E-state index is 13.1. The molecule has 0 bridgehead atoms. The molecule has 1 amide bonds. The summed E-state index contributed by atoms with van der Waals surface area (Å²) in [5.41, 5.74) is 5.98. The van der Waals surface area contributed by atoms with Gasteiger partial charge in [0.15, 0.2) is 11.5 Å². The number of nitrogens with zero attached hydrogens (tertiary/aromatic N) is 2. The molecule has 8 nitrogen and oxygen atoms in total. The molecule has 0 fully saturated rings. The number of rotatable bonds is 7. The summed E-state index contributed by atoms with van der Waals surface area (Å²) in [4.78, 5) is 30.0. The summed E-state index contributed by atoms with van der Waals surface area (Å²) in [7, 11) is 1.46. The molecule has 1 N–H and O–H groups in total. The second-order valence-electron chi connectivity index (χ2n) is 7.91. The first-order valence-electron chi connectivity index (χ1n) is 11.3. The number of ether oxygens (including phenoxy) is 2. The van der Waals surface area contributed by atoms with Gasteiger partial charge in [-0.05, 0) is 48.0 Å². The number of nitrogens with one attached hydrogen (secondary N) is 1. The summed E-state index contributed by atoms with van der Waals surface area (Å²) in [6.45, 7) is 0. The highest BCUT2D eigenvalue weighted by molar-refractivity contribution is 6.07. The summed E-state index contributed by atoms with van der Waals surface area (Å²) < 4.78 is 15.7. The van der Waals surface area contributed by atoms with Gasteiger partial charge in [-0.1, -0.05) is 48.5 Å². The Hall–Kier alpha value is -5.24. The van der Waals surface area contributed by atoms with Crippen molar-refractivity contribution in [3.05, 3.63) is 114 Å². The van der Waals surface area contributed by atoms with E-state index in [0.29, 0.717) is 28.1 Å². The van der Waals surface area contributed by atoms with Crippen LogP contribution in [0.15, 0.2) is 107 Å². The Bertz CT molecular complexity index is 1600. The Morgan fingerprint density at radius 2 is 1.73 bits per heavy atom. The predicted octanol–water partition coefficient (Wildman–Crippen LogP) is 5.49. The third-order valence-corrected chi connectivity index (χ3v) is 5.52. The van der Waals surface area contributed by atoms with Gasteiger partial charge in [-0.2, -0.15) is 5.10 Å². The first-order chi connectivity index (χ1) is 18.1. The summed E-state index contributed by atoms with van der Waals surface area (Å²) >= 11 is 0. The van der Waals surface area contributed by atoms with E-state index in [1.807, 2.05) is 54.6 Å². The number of esters is 1. The number of carbonyl (C=O) groups excluding carboxylic acids is 2. The average molecular weight is 492 g/mol. The lowest BCUT2D eigenvalue weighted by Gasteiger charge is -2.09. The molecule has 0 aliphatic rings. The number of fused-ring (bicyclic) bond motifs is 1.